The van der Waals surface area contributed by atoms with E-state index in [0.29, 0.717) is 11.6 Å². The van der Waals surface area contributed by atoms with Gasteiger partial charge in [-0.2, -0.15) is 0 Å². The molecule has 2 aromatic rings. The number of nitrogens with zero attached hydrogens (tertiary/aromatic N) is 2. The first-order chi connectivity index (χ1) is 8.72. The van der Waals surface area contributed by atoms with Crippen molar-refractivity contribution in [2.75, 3.05) is 24.8 Å². The van der Waals surface area contributed by atoms with Crippen molar-refractivity contribution in [3.8, 4) is 5.75 Å². The van der Waals surface area contributed by atoms with E-state index in [1.165, 1.54) is 0 Å². The summed E-state index contributed by atoms with van der Waals surface area (Å²) in [4.78, 5) is 8.41. The van der Waals surface area contributed by atoms with Crippen LogP contribution in [0.5, 0.6) is 5.75 Å². The molecule has 0 bridgehead atoms. The molecule has 0 atom stereocenters. The minimum Gasteiger partial charge on any atom is -0.496 e. The SMILES string of the molecule is CNc1cncc(Nc2ccc(OC)c(Br)c2)n1. The Hall–Kier alpha value is -1.82. The van der Waals surface area contributed by atoms with E-state index in [1.54, 1.807) is 26.6 Å². The summed E-state index contributed by atoms with van der Waals surface area (Å²) in [5.41, 5.74) is 0.908. The second kappa shape index (κ2) is 5.68. The Morgan fingerprint density at radius 3 is 2.67 bits per heavy atom. The summed E-state index contributed by atoms with van der Waals surface area (Å²) in [6.45, 7) is 0. The van der Waals surface area contributed by atoms with Gasteiger partial charge in [-0.15, -0.1) is 0 Å². The van der Waals surface area contributed by atoms with Gasteiger partial charge in [-0.25, -0.2) is 4.98 Å². The van der Waals surface area contributed by atoms with E-state index < -0.39 is 0 Å². The molecule has 0 aliphatic carbocycles. The molecule has 0 saturated carbocycles. The molecule has 1 aromatic carbocycles. The van der Waals surface area contributed by atoms with Crippen LogP contribution in [0.3, 0.4) is 0 Å². The molecule has 0 fully saturated rings. The van der Waals surface area contributed by atoms with E-state index in [9.17, 15) is 0 Å². The van der Waals surface area contributed by atoms with Gasteiger partial charge in [0, 0.05) is 12.7 Å². The smallest absolute Gasteiger partial charge is 0.151 e. The number of benzene rings is 1. The lowest BCUT2D eigenvalue weighted by atomic mass is 10.3. The van der Waals surface area contributed by atoms with E-state index in [-0.39, 0.29) is 0 Å². The minimum absolute atomic E-state index is 0.680. The third-order valence-corrected chi connectivity index (χ3v) is 2.93. The molecule has 0 saturated heterocycles. The van der Waals surface area contributed by atoms with Crippen molar-refractivity contribution in [2.24, 2.45) is 0 Å². The van der Waals surface area contributed by atoms with E-state index in [1.807, 2.05) is 18.2 Å². The second-order valence-electron chi connectivity index (χ2n) is 3.51. The zero-order valence-electron chi connectivity index (χ0n) is 10.1. The topological polar surface area (TPSA) is 59.1 Å². The lowest BCUT2D eigenvalue weighted by Gasteiger charge is -2.09. The van der Waals surface area contributed by atoms with Gasteiger partial charge >= 0.3 is 0 Å². The first kappa shape index (κ1) is 12.6. The molecular formula is C12H13BrN4O. The maximum atomic E-state index is 5.17. The molecule has 6 heteroatoms. The highest BCUT2D eigenvalue weighted by Gasteiger charge is 2.03. The predicted octanol–water partition coefficient (Wildman–Crippen LogP) is 3.03. The fraction of sp³-hybridized carbons (Fsp3) is 0.167. The lowest BCUT2D eigenvalue weighted by molar-refractivity contribution is 0.412. The van der Waals surface area contributed by atoms with Crippen molar-refractivity contribution in [3.63, 3.8) is 0 Å². The normalized spacial score (nSPS) is 9.94. The molecule has 0 unspecified atom stereocenters. The molecule has 2 rings (SSSR count). The average molecular weight is 309 g/mol. The Morgan fingerprint density at radius 1 is 1.22 bits per heavy atom. The van der Waals surface area contributed by atoms with Gasteiger partial charge < -0.3 is 15.4 Å². The third-order valence-electron chi connectivity index (χ3n) is 2.31. The number of halogens is 1. The van der Waals surface area contributed by atoms with Gasteiger partial charge in [-0.3, -0.25) is 4.98 Å². The van der Waals surface area contributed by atoms with Crippen molar-refractivity contribution in [1.29, 1.82) is 0 Å². The summed E-state index contributed by atoms with van der Waals surface area (Å²) in [6, 6.07) is 5.71. The first-order valence-corrected chi connectivity index (χ1v) is 6.12. The van der Waals surface area contributed by atoms with Crippen LogP contribution in [-0.2, 0) is 0 Å². The van der Waals surface area contributed by atoms with Gasteiger partial charge in [0.25, 0.3) is 0 Å². The maximum Gasteiger partial charge on any atom is 0.151 e. The molecule has 18 heavy (non-hydrogen) atoms. The molecule has 1 aromatic heterocycles. The first-order valence-electron chi connectivity index (χ1n) is 5.33. The van der Waals surface area contributed by atoms with Crippen LogP contribution < -0.4 is 15.4 Å². The van der Waals surface area contributed by atoms with Crippen LogP contribution in [0.1, 0.15) is 0 Å². The monoisotopic (exact) mass is 308 g/mol. The van der Waals surface area contributed by atoms with Crippen molar-refractivity contribution in [1.82, 2.24) is 9.97 Å². The number of hydrogen-bond donors (Lipinski definition) is 2. The van der Waals surface area contributed by atoms with Crippen LogP contribution in [-0.4, -0.2) is 24.1 Å². The van der Waals surface area contributed by atoms with Gasteiger partial charge in [-0.1, -0.05) is 0 Å². The fourth-order valence-corrected chi connectivity index (χ4v) is 1.98. The van der Waals surface area contributed by atoms with E-state index in [0.717, 1.165) is 15.9 Å². The Kier molecular flexibility index (Phi) is 3.99. The number of ether oxygens (including phenoxy) is 1. The van der Waals surface area contributed by atoms with Crippen molar-refractivity contribution >= 4 is 33.3 Å². The predicted molar refractivity (Wildman–Crippen MR) is 75.6 cm³/mol. The van der Waals surface area contributed by atoms with Crippen LogP contribution in [0.4, 0.5) is 17.3 Å². The number of methoxy groups -OCH3 is 1. The maximum absolute atomic E-state index is 5.17. The number of hydrogen-bond acceptors (Lipinski definition) is 5. The van der Waals surface area contributed by atoms with E-state index in [2.05, 4.69) is 36.5 Å². The summed E-state index contributed by atoms with van der Waals surface area (Å²) >= 11 is 3.44. The molecule has 5 nitrogen and oxygen atoms in total. The van der Waals surface area contributed by atoms with Crippen molar-refractivity contribution in [3.05, 3.63) is 35.1 Å². The van der Waals surface area contributed by atoms with Crippen LogP contribution in [0.25, 0.3) is 0 Å². The zero-order valence-corrected chi connectivity index (χ0v) is 11.7. The summed E-state index contributed by atoms with van der Waals surface area (Å²) < 4.78 is 6.06. The van der Waals surface area contributed by atoms with Crippen LogP contribution in [0.15, 0.2) is 35.1 Å². The highest BCUT2D eigenvalue weighted by molar-refractivity contribution is 9.10. The molecule has 0 aliphatic heterocycles. The average Bonchev–Trinajstić information content (AvgIpc) is 2.39. The number of nitrogens with one attached hydrogen (secondary N) is 2. The number of rotatable bonds is 4. The molecule has 0 aliphatic rings. The highest BCUT2D eigenvalue weighted by atomic mass is 79.9. The standard InChI is InChI=1S/C12H13BrN4O/c1-14-11-6-15-7-12(17-11)16-8-3-4-10(18-2)9(13)5-8/h3-7H,1-2H3,(H2,14,16,17). The summed E-state index contributed by atoms with van der Waals surface area (Å²) in [5, 5.41) is 6.11. The van der Waals surface area contributed by atoms with E-state index in [4.69, 9.17) is 4.74 Å². The van der Waals surface area contributed by atoms with E-state index >= 15 is 0 Å². The van der Waals surface area contributed by atoms with Gasteiger partial charge in [0.1, 0.15) is 11.6 Å². The lowest BCUT2D eigenvalue weighted by Crippen LogP contribution is -1.99. The molecule has 0 spiro atoms. The third kappa shape index (κ3) is 2.89. The Morgan fingerprint density at radius 2 is 2.00 bits per heavy atom. The van der Waals surface area contributed by atoms with Gasteiger partial charge in [0.2, 0.25) is 0 Å². The summed E-state index contributed by atoms with van der Waals surface area (Å²) in [7, 11) is 3.44. The van der Waals surface area contributed by atoms with Crippen LogP contribution in [0, 0.1) is 0 Å². The highest BCUT2D eigenvalue weighted by Crippen LogP contribution is 2.28. The number of anilines is 3. The molecule has 94 valence electrons. The molecule has 0 radical (unpaired) electrons. The summed E-state index contributed by atoms with van der Waals surface area (Å²) in [5.74, 6) is 2.18. The van der Waals surface area contributed by atoms with Crippen LogP contribution >= 0.6 is 15.9 Å². The Bertz CT molecular complexity index is 547. The Labute approximate surface area is 114 Å². The molecule has 2 N–H and O–H groups in total. The van der Waals surface area contributed by atoms with Gasteiger partial charge in [0.15, 0.2) is 5.82 Å². The number of aromatic nitrogens is 2. The van der Waals surface area contributed by atoms with Crippen LogP contribution in [0.2, 0.25) is 0 Å². The van der Waals surface area contributed by atoms with Gasteiger partial charge in [0.05, 0.1) is 24.0 Å². The van der Waals surface area contributed by atoms with Gasteiger partial charge in [-0.05, 0) is 34.1 Å². The summed E-state index contributed by atoms with van der Waals surface area (Å²) in [6.07, 6.45) is 3.33. The van der Waals surface area contributed by atoms with Crippen molar-refractivity contribution in [2.45, 2.75) is 0 Å². The zero-order chi connectivity index (χ0) is 13.0. The minimum atomic E-state index is 0.680. The molecule has 0 amide bonds. The second-order valence-corrected chi connectivity index (χ2v) is 4.37. The quantitative estimate of drug-likeness (QED) is 0.909. The Balaban J connectivity index is 2.20. The molecule has 1 heterocycles. The molecular weight excluding hydrogens is 296 g/mol. The van der Waals surface area contributed by atoms with Crippen molar-refractivity contribution < 1.29 is 4.74 Å². The largest absolute Gasteiger partial charge is 0.496 e. The fourth-order valence-electron chi connectivity index (χ4n) is 1.44.